The number of ketones is 1. The zero-order valence-electron chi connectivity index (χ0n) is 12.0. The van der Waals surface area contributed by atoms with Gasteiger partial charge < -0.3 is 4.74 Å². The third kappa shape index (κ3) is 4.13. The molecule has 19 heavy (non-hydrogen) atoms. The third-order valence-corrected chi connectivity index (χ3v) is 3.88. The molecule has 1 aliphatic rings. The average Bonchev–Trinajstić information content (AvgIpc) is 2.46. The molecule has 0 unspecified atom stereocenters. The fraction of sp³-hybridized carbons (Fsp3) is 0.625. The number of hydrogen-bond acceptors (Lipinski definition) is 2. The summed E-state index contributed by atoms with van der Waals surface area (Å²) in [6.45, 7) is 6.65. The van der Waals surface area contributed by atoms with Crippen LogP contribution in [0, 0.1) is 5.92 Å². The zero-order chi connectivity index (χ0) is 13.7. The Morgan fingerprint density at radius 3 is 2.53 bits per heavy atom. The van der Waals surface area contributed by atoms with Crippen LogP contribution in [0.5, 0.6) is 0 Å². The number of hydrogen-bond donors (Lipinski definition) is 0. The van der Waals surface area contributed by atoms with Crippen LogP contribution in [0.4, 0.5) is 0 Å². The molecule has 2 heterocycles. The van der Waals surface area contributed by atoms with Crippen LogP contribution < -0.4 is 4.57 Å². The van der Waals surface area contributed by atoms with Gasteiger partial charge in [0.1, 0.15) is 5.78 Å². The van der Waals surface area contributed by atoms with Crippen molar-refractivity contribution in [3.63, 3.8) is 0 Å². The van der Waals surface area contributed by atoms with Gasteiger partial charge >= 0.3 is 0 Å². The van der Waals surface area contributed by atoms with Crippen LogP contribution >= 0.6 is 0 Å². The second-order valence-corrected chi connectivity index (χ2v) is 5.63. The number of carbonyl (C=O) groups is 1. The normalized spacial score (nSPS) is 16.8. The van der Waals surface area contributed by atoms with E-state index in [1.54, 1.807) is 0 Å². The lowest BCUT2D eigenvalue weighted by molar-refractivity contribution is -0.695. The Kier molecular flexibility index (Phi) is 5.08. The lowest BCUT2D eigenvalue weighted by Gasteiger charge is -2.20. The zero-order valence-corrected chi connectivity index (χ0v) is 12.0. The lowest BCUT2D eigenvalue weighted by Crippen LogP contribution is -2.35. The Hall–Kier alpha value is -1.22. The number of aryl methyl sites for hydroxylation is 1. The molecular weight excluding hydrogens is 238 g/mol. The Morgan fingerprint density at radius 2 is 1.95 bits per heavy atom. The van der Waals surface area contributed by atoms with Gasteiger partial charge in [-0.15, -0.1) is 0 Å². The molecule has 1 aromatic heterocycles. The summed E-state index contributed by atoms with van der Waals surface area (Å²) in [5.41, 5.74) is 1.34. The predicted octanol–water partition coefficient (Wildman–Crippen LogP) is 2.48. The van der Waals surface area contributed by atoms with E-state index in [9.17, 15) is 4.79 Å². The summed E-state index contributed by atoms with van der Waals surface area (Å²) < 4.78 is 7.39. The van der Waals surface area contributed by atoms with E-state index in [0.29, 0.717) is 18.1 Å². The fourth-order valence-corrected chi connectivity index (χ4v) is 2.47. The van der Waals surface area contributed by atoms with Crippen molar-refractivity contribution in [3.05, 3.63) is 30.1 Å². The van der Waals surface area contributed by atoms with E-state index >= 15 is 0 Å². The summed E-state index contributed by atoms with van der Waals surface area (Å²) in [4.78, 5) is 12.1. The third-order valence-electron chi connectivity index (χ3n) is 3.88. The first-order valence-corrected chi connectivity index (χ1v) is 7.26. The number of carbonyl (C=O) groups excluding carboxylic acids is 1. The molecule has 0 spiro atoms. The van der Waals surface area contributed by atoms with Gasteiger partial charge in [-0.2, -0.15) is 0 Å². The first-order valence-electron chi connectivity index (χ1n) is 7.26. The molecule has 0 amide bonds. The van der Waals surface area contributed by atoms with Crippen LogP contribution in [0.2, 0.25) is 0 Å². The van der Waals surface area contributed by atoms with Crippen molar-refractivity contribution in [2.45, 2.75) is 45.6 Å². The standard InChI is InChI=1S/C16H24NO2/c1-13(2)14-3-8-17(9-4-14)10-5-16(18)15-6-11-19-12-7-15/h3-4,8-9,13,15H,5-7,10-12H2,1-2H3/q+1. The van der Waals surface area contributed by atoms with Crippen molar-refractivity contribution < 1.29 is 14.1 Å². The number of aromatic nitrogens is 1. The summed E-state index contributed by atoms with van der Waals surface area (Å²) in [7, 11) is 0. The fourth-order valence-electron chi connectivity index (χ4n) is 2.47. The molecule has 104 valence electrons. The van der Waals surface area contributed by atoms with Crippen LogP contribution in [-0.2, 0) is 16.1 Å². The summed E-state index contributed by atoms with van der Waals surface area (Å²) >= 11 is 0. The number of rotatable bonds is 5. The molecule has 1 aliphatic heterocycles. The minimum absolute atomic E-state index is 0.226. The SMILES string of the molecule is CC(C)c1cc[n+](CCC(=O)C2CCOCC2)cc1. The molecule has 0 N–H and O–H groups in total. The van der Waals surface area contributed by atoms with Crippen LogP contribution in [0.3, 0.4) is 0 Å². The van der Waals surface area contributed by atoms with Gasteiger partial charge in [0.05, 0.1) is 6.42 Å². The van der Waals surface area contributed by atoms with E-state index in [0.717, 1.165) is 32.6 Å². The molecule has 0 radical (unpaired) electrons. The van der Waals surface area contributed by atoms with Gasteiger partial charge in [-0.25, -0.2) is 4.57 Å². The second-order valence-electron chi connectivity index (χ2n) is 5.63. The van der Waals surface area contributed by atoms with Gasteiger partial charge in [0.15, 0.2) is 18.9 Å². The Morgan fingerprint density at radius 1 is 1.32 bits per heavy atom. The Labute approximate surface area is 115 Å². The highest BCUT2D eigenvalue weighted by Crippen LogP contribution is 2.17. The summed E-state index contributed by atoms with van der Waals surface area (Å²) in [6, 6.07) is 4.28. The van der Waals surface area contributed by atoms with Crippen molar-refractivity contribution >= 4 is 5.78 Å². The van der Waals surface area contributed by atoms with Crippen molar-refractivity contribution in [1.29, 1.82) is 0 Å². The maximum absolute atomic E-state index is 12.1. The molecule has 1 aromatic rings. The summed E-state index contributed by atoms with van der Waals surface area (Å²) in [6.07, 6.45) is 6.58. The maximum atomic E-state index is 12.1. The van der Waals surface area contributed by atoms with E-state index in [1.807, 2.05) is 0 Å². The number of Topliss-reactive ketones (excluding diaryl/α,β-unsaturated/α-hetero) is 1. The molecule has 0 saturated carbocycles. The second kappa shape index (κ2) is 6.80. The van der Waals surface area contributed by atoms with Crippen LogP contribution in [0.1, 0.15) is 44.6 Å². The number of ether oxygens (including phenoxy) is 1. The van der Waals surface area contributed by atoms with E-state index in [4.69, 9.17) is 4.74 Å². The van der Waals surface area contributed by atoms with E-state index in [-0.39, 0.29) is 5.92 Å². The highest BCUT2D eigenvalue weighted by atomic mass is 16.5. The van der Waals surface area contributed by atoms with Crippen LogP contribution in [0.25, 0.3) is 0 Å². The first kappa shape index (κ1) is 14.2. The van der Waals surface area contributed by atoms with Crippen molar-refractivity contribution in [1.82, 2.24) is 0 Å². The van der Waals surface area contributed by atoms with Gasteiger partial charge in [0.2, 0.25) is 0 Å². The Bertz CT molecular complexity index is 405. The molecule has 3 nitrogen and oxygen atoms in total. The molecule has 1 saturated heterocycles. The Balaban J connectivity index is 1.82. The monoisotopic (exact) mass is 262 g/mol. The molecule has 1 fully saturated rings. The van der Waals surface area contributed by atoms with Crippen molar-refractivity contribution in [2.24, 2.45) is 5.92 Å². The minimum Gasteiger partial charge on any atom is -0.381 e. The highest BCUT2D eigenvalue weighted by Gasteiger charge is 2.22. The van der Waals surface area contributed by atoms with E-state index in [2.05, 4.69) is 42.9 Å². The first-order chi connectivity index (χ1) is 9.16. The lowest BCUT2D eigenvalue weighted by atomic mass is 9.93. The van der Waals surface area contributed by atoms with Crippen LogP contribution in [-0.4, -0.2) is 19.0 Å². The quantitative estimate of drug-likeness (QED) is 0.763. The van der Waals surface area contributed by atoms with E-state index in [1.165, 1.54) is 5.56 Å². The molecule has 0 aromatic carbocycles. The van der Waals surface area contributed by atoms with Gasteiger partial charge in [-0.05, 0) is 24.3 Å². The predicted molar refractivity (Wildman–Crippen MR) is 73.9 cm³/mol. The van der Waals surface area contributed by atoms with Gasteiger partial charge in [-0.3, -0.25) is 4.79 Å². The average molecular weight is 262 g/mol. The minimum atomic E-state index is 0.226. The summed E-state index contributed by atoms with van der Waals surface area (Å²) in [5.74, 6) is 1.17. The van der Waals surface area contributed by atoms with Crippen LogP contribution in [0.15, 0.2) is 24.5 Å². The van der Waals surface area contributed by atoms with Crippen molar-refractivity contribution in [2.75, 3.05) is 13.2 Å². The van der Waals surface area contributed by atoms with Gasteiger partial charge in [-0.1, -0.05) is 13.8 Å². The molecule has 0 bridgehead atoms. The topological polar surface area (TPSA) is 30.2 Å². The molecule has 2 rings (SSSR count). The molecule has 0 aliphatic carbocycles. The highest BCUT2D eigenvalue weighted by molar-refractivity contribution is 5.80. The number of pyridine rings is 1. The van der Waals surface area contributed by atoms with E-state index < -0.39 is 0 Å². The summed E-state index contributed by atoms with van der Waals surface area (Å²) in [5, 5.41) is 0. The smallest absolute Gasteiger partial charge is 0.169 e. The number of nitrogens with zero attached hydrogens (tertiary/aromatic N) is 1. The molecular formula is C16H24NO2+. The molecule has 0 atom stereocenters. The maximum Gasteiger partial charge on any atom is 0.169 e. The van der Waals surface area contributed by atoms with Gasteiger partial charge in [0.25, 0.3) is 0 Å². The van der Waals surface area contributed by atoms with Gasteiger partial charge in [0, 0.05) is 31.3 Å². The van der Waals surface area contributed by atoms with Crippen molar-refractivity contribution in [3.8, 4) is 0 Å². The molecule has 3 heteroatoms. The largest absolute Gasteiger partial charge is 0.381 e.